The predicted octanol–water partition coefficient (Wildman–Crippen LogP) is 3.36. The smallest absolute Gasteiger partial charge is 0.344 e. The maximum absolute atomic E-state index is 11.1. The van der Waals surface area contributed by atoms with Crippen molar-refractivity contribution in [1.82, 2.24) is 0 Å². The van der Waals surface area contributed by atoms with Crippen LogP contribution in [0.4, 0.5) is 0 Å². The zero-order valence-corrected chi connectivity index (χ0v) is 11.6. The van der Waals surface area contributed by atoms with Crippen LogP contribution < -0.4 is 9.47 Å². The van der Waals surface area contributed by atoms with Gasteiger partial charge >= 0.3 is 5.97 Å². The summed E-state index contributed by atoms with van der Waals surface area (Å²) in [6, 6.07) is 5.42. The zero-order valence-electron chi connectivity index (χ0n) is 11.6. The van der Waals surface area contributed by atoms with Crippen LogP contribution in [0.5, 0.6) is 11.5 Å². The van der Waals surface area contributed by atoms with Crippen molar-refractivity contribution in [1.29, 1.82) is 0 Å². The van der Waals surface area contributed by atoms with Gasteiger partial charge in [0.1, 0.15) is 0 Å². The second kappa shape index (κ2) is 7.46. The van der Waals surface area contributed by atoms with E-state index in [4.69, 9.17) is 14.6 Å². The highest BCUT2D eigenvalue weighted by Crippen LogP contribution is 2.30. The summed E-state index contributed by atoms with van der Waals surface area (Å²) in [5.74, 6) is 0.0380. The molecule has 19 heavy (non-hydrogen) atoms. The average Bonchev–Trinajstić information content (AvgIpc) is 2.39. The molecule has 4 nitrogen and oxygen atoms in total. The zero-order chi connectivity index (χ0) is 14.3. The molecule has 1 N–H and O–H groups in total. The van der Waals surface area contributed by atoms with E-state index in [1.165, 1.54) is 7.11 Å². The molecular weight excluding hydrogens is 244 g/mol. The highest BCUT2D eigenvalue weighted by molar-refractivity contribution is 5.73. The van der Waals surface area contributed by atoms with Gasteiger partial charge in [-0.3, -0.25) is 0 Å². The summed E-state index contributed by atoms with van der Waals surface area (Å²) in [6.07, 6.45) is 4.23. The van der Waals surface area contributed by atoms with Crippen molar-refractivity contribution in [2.24, 2.45) is 0 Å². The Labute approximate surface area is 113 Å². The normalized spacial score (nSPS) is 12.4. The number of benzene rings is 1. The lowest BCUT2D eigenvalue weighted by Crippen LogP contribution is -2.26. The first-order valence-electron chi connectivity index (χ1n) is 6.32. The number of carboxylic acid groups (broad SMARTS) is 1. The Kier molecular flexibility index (Phi) is 5.93. The Bertz CT molecular complexity index is 451. The van der Waals surface area contributed by atoms with Crippen LogP contribution in [-0.4, -0.2) is 24.3 Å². The number of carboxylic acids is 1. The fourth-order valence-corrected chi connectivity index (χ4v) is 1.73. The molecule has 0 bridgehead atoms. The van der Waals surface area contributed by atoms with Crippen LogP contribution >= 0.6 is 0 Å². The molecule has 1 aromatic carbocycles. The summed E-state index contributed by atoms with van der Waals surface area (Å²) in [4.78, 5) is 11.1. The first kappa shape index (κ1) is 15.1. The number of hydrogen-bond acceptors (Lipinski definition) is 3. The number of carbonyl (C=O) groups is 1. The highest BCUT2D eigenvalue weighted by atomic mass is 16.5. The van der Waals surface area contributed by atoms with Gasteiger partial charge in [0, 0.05) is 0 Å². The van der Waals surface area contributed by atoms with Crippen molar-refractivity contribution in [2.75, 3.05) is 7.11 Å². The highest BCUT2D eigenvalue weighted by Gasteiger charge is 2.20. The van der Waals surface area contributed by atoms with E-state index in [9.17, 15) is 4.79 Å². The Morgan fingerprint density at radius 2 is 2.16 bits per heavy atom. The summed E-state index contributed by atoms with van der Waals surface area (Å²) >= 11 is 0. The number of allylic oxidation sites excluding steroid dienone is 1. The van der Waals surface area contributed by atoms with E-state index in [0.717, 1.165) is 12.0 Å². The van der Waals surface area contributed by atoms with Crippen molar-refractivity contribution < 1.29 is 19.4 Å². The number of hydrogen-bond donors (Lipinski definition) is 1. The topological polar surface area (TPSA) is 55.8 Å². The van der Waals surface area contributed by atoms with E-state index < -0.39 is 12.1 Å². The third-order valence-electron chi connectivity index (χ3n) is 2.64. The van der Waals surface area contributed by atoms with Crippen LogP contribution in [0.25, 0.3) is 6.08 Å². The lowest BCUT2D eigenvalue weighted by atomic mass is 10.1. The lowest BCUT2D eigenvalue weighted by molar-refractivity contribution is -0.145. The summed E-state index contributed by atoms with van der Waals surface area (Å²) in [5, 5.41) is 9.09. The van der Waals surface area contributed by atoms with Gasteiger partial charge in [0.15, 0.2) is 17.6 Å². The van der Waals surface area contributed by atoms with E-state index in [1.807, 2.05) is 38.1 Å². The monoisotopic (exact) mass is 264 g/mol. The average molecular weight is 264 g/mol. The molecule has 0 saturated carbocycles. The van der Waals surface area contributed by atoms with Crippen molar-refractivity contribution >= 4 is 12.0 Å². The SMILES string of the molecule is C/C=C/c1ccc(OC(CCC)C(=O)O)c(OC)c1. The van der Waals surface area contributed by atoms with E-state index in [2.05, 4.69) is 0 Å². The van der Waals surface area contributed by atoms with Crippen molar-refractivity contribution in [2.45, 2.75) is 32.8 Å². The number of methoxy groups -OCH3 is 1. The van der Waals surface area contributed by atoms with Gasteiger partial charge in [-0.2, -0.15) is 0 Å². The Morgan fingerprint density at radius 1 is 1.42 bits per heavy atom. The lowest BCUT2D eigenvalue weighted by Gasteiger charge is -2.16. The van der Waals surface area contributed by atoms with Crippen LogP contribution in [0.15, 0.2) is 24.3 Å². The molecule has 0 saturated heterocycles. The van der Waals surface area contributed by atoms with E-state index in [1.54, 1.807) is 6.07 Å². The molecule has 0 spiro atoms. The van der Waals surface area contributed by atoms with Crippen LogP contribution in [0.1, 0.15) is 32.3 Å². The summed E-state index contributed by atoms with van der Waals surface area (Å²) in [6.45, 7) is 3.85. The molecule has 1 rings (SSSR count). The number of rotatable bonds is 7. The minimum absolute atomic E-state index is 0.455. The third-order valence-corrected chi connectivity index (χ3v) is 2.64. The van der Waals surface area contributed by atoms with Crippen molar-refractivity contribution in [3.63, 3.8) is 0 Å². The maximum Gasteiger partial charge on any atom is 0.344 e. The van der Waals surface area contributed by atoms with Gasteiger partial charge in [0.2, 0.25) is 0 Å². The van der Waals surface area contributed by atoms with Crippen LogP contribution in [0.2, 0.25) is 0 Å². The second-order valence-electron chi connectivity index (χ2n) is 4.14. The summed E-state index contributed by atoms with van der Waals surface area (Å²) < 4.78 is 10.8. The second-order valence-corrected chi connectivity index (χ2v) is 4.14. The summed E-state index contributed by atoms with van der Waals surface area (Å²) in [7, 11) is 1.54. The molecular formula is C15H20O4. The van der Waals surface area contributed by atoms with Gasteiger partial charge < -0.3 is 14.6 Å². The van der Waals surface area contributed by atoms with Crippen LogP contribution in [-0.2, 0) is 4.79 Å². The van der Waals surface area contributed by atoms with E-state index >= 15 is 0 Å². The Hall–Kier alpha value is -1.97. The van der Waals surface area contributed by atoms with Gasteiger partial charge in [-0.15, -0.1) is 0 Å². The minimum atomic E-state index is -0.957. The molecule has 1 atom stereocenters. The fraction of sp³-hybridized carbons (Fsp3) is 0.400. The van der Waals surface area contributed by atoms with Crippen LogP contribution in [0, 0.1) is 0 Å². The Balaban J connectivity index is 2.96. The molecule has 1 unspecified atom stereocenters. The molecule has 0 aliphatic carbocycles. The molecule has 0 heterocycles. The standard InChI is InChI=1S/C15H20O4/c1-4-6-11-8-9-12(14(10-11)18-3)19-13(7-5-2)15(16)17/h4,6,8-10,13H,5,7H2,1-3H3,(H,16,17)/b6-4+. The molecule has 1 aromatic rings. The van der Waals surface area contributed by atoms with Gasteiger partial charge in [0.25, 0.3) is 0 Å². The maximum atomic E-state index is 11.1. The van der Waals surface area contributed by atoms with Crippen LogP contribution in [0.3, 0.4) is 0 Å². The van der Waals surface area contributed by atoms with Gasteiger partial charge in [-0.1, -0.05) is 31.6 Å². The van der Waals surface area contributed by atoms with Gasteiger partial charge in [0.05, 0.1) is 7.11 Å². The predicted molar refractivity (Wildman–Crippen MR) is 74.7 cm³/mol. The minimum Gasteiger partial charge on any atom is -0.493 e. The van der Waals surface area contributed by atoms with E-state index in [0.29, 0.717) is 17.9 Å². The summed E-state index contributed by atoms with van der Waals surface area (Å²) in [5.41, 5.74) is 0.981. The molecule has 0 fully saturated rings. The molecule has 0 amide bonds. The van der Waals surface area contributed by atoms with Crippen molar-refractivity contribution in [3.05, 3.63) is 29.8 Å². The first-order chi connectivity index (χ1) is 9.12. The van der Waals surface area contributed by atoms with E-state index in [-0.39, 0.29) is 0 Å². The number of aliphatic carboxylic acids is 1. The molecule has 0 aliphatic heterocycles. The fourth-order valence-electron chi connectivity index (χ4n) is 1.73. The van der Waals surface area contributed by atoms with Gasteiger partial charge in [-0.05, 0) is 31.0 Å². The quantitative estimate of drug-likeness (QED) is 0.820. The third kappa shape index (κ3) is 4.32. The van der Waals surface area contributed by atoms with Crippen molar-refractivity contribution in [3.8, 4) is 11.5 Å². The molecule has 104 valence electrons. The largest absolute Gasteiger partial charge is 0.493 e. The molecule has 0 radical (unpaired) electrons. The Morgan fingerprint density at radius 3 is 2.68 bits per heavy atom. The molecule has 0 aliphatic rings. The first-order valence-corrected chi connectivity index (χ1v) is 6.32. The molecule has 0 aromatic heterocycles. The van der Waals surface area contributed by atoms with Gasteiger partial charge in [-0.25, -0.2) is 4.79 Å². The number of ether oxygens (including phenoxy) is 2. The molecule has 4 heteroatoms.